The second-order valence-electron chi connectivity index (χ2n) is 3.94. The van der Waals surface area contributed by atoms with Crippen molar-refractivity contribution in [2.45, 2.75) is 24.6 Å². The molecule has 7 heteroatoms. The molecule has 0 amide bonds. The number of aromatic nitrogens is 1. The smallest absolute Gasteiger partial charge is 0.417 e. The Labute approximate surface area is 94.5 Å². The van der Waals surface area contributed by atoms with Gasteiger partial charge >= 0.3 is 12.1 Å². The van der Waals surface area contributed by atoms with Crippen molar-refractivity contribution in [3.63, 3.8) is 0 Å². The molecule has 1 saturated carbocycles. The summed E-state index contributed by atoms with van der Waals surface area (Å²) in [5.41, 5.74) is -1.91. The van der Waals surface area contributed by atoms with Crippen LogP contribution in [0.25, 0.3) is 0 Å². The van der Waals surface area contributed by atoms with E-state index in [4.69, 9.17) is 5.11 Å². The number of nitrogens with zero attached hydrogens (tertiary/aromatic N) is 1. The molecule has 0 aromatic carbocycles. The summed E-state index contributed by atoms with van der Waals surface area (Å²) in [5, 5.41) is 11.5. The van der Waals surface area contributed by atoms with Gasteiger partial charge in [0, 0.05) is 6.20 Å². The standard InChI is InChI=1S/C10H9F3N2O2/c11-10(12,13)6-1-2-7(14-5-6)15-9(3-4-9)8(16)17/h1-2,5H,3-4H2,(H,14,15)(H,16,17). The summed E-state index contributed by atoms with van der Waals surface area (Å²) in [6.07, 6.45) is -2.86. The van der Waals surface area contributed by atoms with Crippen LogP contribution in [0, 0.1) is 0 Å². The van der Waals surface area contributed by atoms with E-state index in [0.29, 0.717) is 19.0 Å². The second kappa shape index (κ2) is 3.61. The lowest BCUT2D eigenvalue weighted by Crippen LogP contribution is -2.31. The van der Waals surface area contributed by atoms with Crippen molar-refractivity contribution in [3.05, 3.63) is 23.9 Å². The first-order chi connectivity index (χ1) is 7.83. The maximum Gasteiger partial charge on any atom is 0.417 e. The Balaban J connectivity index is 2.12. The van der Waals surface area contributed by atoms with E-state index in [2.05, 4.69) is 10.3 Å². The predicted molar refractivity (Wildman–Crippen MR) is 52.5 cm³/mol. The van der Waals surface area contributed by atoms with E-state index in [9.17, 15) is 18.0 Å². The number of carbonyl (C=O) groups is 1. The second-order valence-corrected chi connectivity index (χ2v) is 3.94. The first-order valence-electron chi connectivity index (χ1n) is 4.88. The lowest BCUT2D eigenvalue weighted by molar-refractivity contribution is -0.139. The molecule has 4 nitrogen and oxygen atoms in total. The minimum absolute atomic E-state index is 0.137. The molecule has 0 spiro atoms. The lowest BCUT2D eigenvalue weighted by atomic mass is 10.2. The Morgan fingerprint density at radius 2 is 2.06 bits per heavy atom. The fourth-order valence-electron chi connectivity index (χ4n) is 1.40. The minimum atomic E-state index is -4.43. The monoisotopic (exact) mass is 246 g/mol. The Morgan fingerprint density at radius 3 is 2.41 bits per heavy atom. The number of anilines is 1. The molecule has 1 aliphatic carbocycles. The van der Waals surface area contributed by atoms with Gasteiger partial charge < -0.3 is 10.4 Å². The van der Waals surface area contributed by atoms with E-state index >= 15 is 0 Å². The summed E-state index contributed by atoms with van der Waals surface area (Å²) in [6.45, 7) is 0. The van der Waals surface area contributed by atoms with Crippen LogP contribution < -0.4 is 5.32 Å². The molecule has 2 N–H and O–H groups in total. The molecule has 92 valence electrons. The van der Waals surface area contributed by atoms with Crippen LogP contribution in [-0.2, 0) is 11.0 Å². The number of hydrogen-bond acceptors (Lipinski definition) is 3. The fraction of sp³-hybridized carbons (Fsp3) is 0.400. The number of pyridine rings is 1. The first-order valence-corrected chi connectivity index (χ1v) is 4.88. The summed E-state index contributed by atoms with van der Waals surface area (Å²) in [4.78, 5) is 14.4. The average Bonchev–Trinajstić information content (AvgIpc) is 2.98. The third-order valence-corrected chi connectivity index (χ3v) is 2.62. The number of alkyl halides is 3. The normalized spacial score (nSPS) is 17.6. The highest BCUT2D eigenvalue weighted by atomic mass is 19.4. The molecular formula is C10H9F3N2O2. The average molecular weight is 246 g/mol. The molecule has 1 aromatic heterocycles. The van der Waals surface area contributed by atoms with Crippen molar-refractivity contribution in [2.24, 2.45) is 0 Å². The molecule has 0 unspecified atom stereocenters. The van der Waals surface area contributed by atoms with Gasteiger partial charge in [-0.25, -0.2) is 9.78 Å². The lowest BCUT2D eigenvalue weighted by Gasteiger charge is -2.13. The minimum Gasteiger partial charge on any atom is -0.480 e. The van der Waals surface area contributed by atoms with Crippen LogP contribution in [0.3, 0.4) is 0 Å². The van der Waals surface area contributed by atoms with Crippen molar-refractivity contribution in [1.29, 1.82) is 0 Å². The van der Waals surface area contributed by atoms with Crippen molar-refractivity contribution < 1.29 is 23.1 Å². The Hall–Kier alpha value is -1.79. The largest absolute Gasteiger partial charge is 0.480 e. The summed E-state index contributed by atoms with van der Waals surface area (Å²) in [5.74, 6) is -0.878. The van der Waals surface area contributed by atoms with E-state index < -0.39 is 23.2 Å². The maximum atomic E-state index is 12.2. The van der Waals surface area contributed by atoms with Crippen LogP contribution in [0.4, 0.5) is 19.0 Å². The molecule has 1 fully saturated rings. The van der Waals surface area contributed by atoms with Crippen molar-refractivity contribution in [3.8, 4) is 0 Å². The van der Waals surface area contributed by atoms with Crippen LogP contribution in [0.15, 0.2) is 18.3 Å². The molecule has 17 heavy (non-hydrogen) atoms. The molecule has 1 heterocycles. The number of aliphatic carboxylic acids is 1. The van der Waals surface area contributed by atoms with Crippen LogP contribution in [0.2, 0.25) is 0 Å². The zero-order chi connectivity index (χ0) is 12.7. The van der Waals surface area contributed by atoms with Gasteiger partial charge in [0.25, 0.3) is 0 Å². The van der Waals surface area contributed by atoms with Gasteiger partial charge in [-0.2, -0.15) is 13.2 Å². The van der Waals surface area contributed by atoms with Crippen molar-refractivity contribution >= 4 is 11.8 Å². The van der Waals surface area contributed by atoms with E-state index in [-0.39, 0.29) is 5.82 Å². The number of carboxylic acid groups (broad SMARTS) is 1. The van der Waals surface area contributed by atoms with Crippen LogP contribution in [0.1, 0.15) is 18.4 Å². The van der Waals surface area contributed by atoms with Gasteiger partial charge in [-0.1, -0.05) is 0 Å². The molecule has 1 aromatic rings. The van der Waals surface area contributed by atoms with Gasteiger partial charge in [0.15, 0.2) is 0 Å². The highest BCUT2D eigenvalue weighted by molar-refractivity contribution is 5.85. The molecule has 0 aliphatic heterocycles. The Kier molecular flexibility index (Phi) is 2.48. The van der Waals surface area contributed by atoms with Gasteiger partial charge in [0.05, 0.1) is 5.56 Å². The fourth-order valence-corrected chi connectivity index (χ4v) is 1.40. The van der Waals surface area contributed by atoms with E-state index in [1.54, 1.807) is 0 Å². The van der Waals surface area contributed by atoms with Crippen LogP contribution in [0.5, 0.6) is 0 Å². The number of hydrogen-bond donors (Lipinski definition) is 2. The Morgan fingerprint density at radius 1 is 1.41 bits per heavy atom. The third kappa shape index (κ3) is 2.32. The number of carboxylic acids is 1. The summed E-state index contributed by atoms with van der Waals surface area (Å²) in [7, 11) is 0. The molecule has 2 rings (SSSR count). The van der Waals surface area contributed by atoms with Gasteiger partial charge in [-0.3, -0.25) is 0 Å². The number of nitrogens with one attached hydrogen (secondary N) is 1. The summed E-state index contributed by atoms with van der Waals surface area (Å²) >= 11 is 0. The zero-order valence-corrected chi connectivity index (χ0v) is 8.58. The highest BCUT2D eigenvalue weighted by Crippen LogP contribution is 2.39. The molecule has 0 radical (unpaired) electrons. The number of rotatable bonds is 3. The predicted octanol–water partition coefficient (Wildman–Crippen LogP) is 2.13. The molecule has 0 atom stereocenters. The van der Waals surface area contributed by atoms with Crippen LogP contribution >= 0.6 is 0 Å². The first kappa shape index (κ1) is 11.7. The van der Waals surface area contributed by atoms with Gasteiger partial charge in [0.2, 0.25) is 0 Å². The van der Waals surface area contributed by atoms with Crippen molar-refractivity contribution in [2.75, 3.05) is 5.32 Å². The van der Waals surface area contributed by atoms with Crippen LogP contribution in [-0.4, -0.2) is 21.6 Å². The van der Waals surface area contributed by atoms with Gasteiger partial charge in [-0.05, 0) is 25.0 Å². The molecular weight excluding hydrogens is 237 g/mol. The topological polar surface area (TPSA) is 62.2 Å². The summed E-state index contributed by atoms with van der Waals surface area (Å²) < 4.78 is 36.7. The number of halogens is 3. The summed E-state index contributed by atoms with van der Waals surface area (Å²) in [6, 6.07) is 2.00. The quantitative estimate of drug-likeness (QED) is 0.857. The van der Waals surface area contributed by atoms with E-state index in [0.717, 1.165) is 12.1 Å². The van der Waals surface area contributed by atoms with Crippen molar-refractivity contribution in [1.82, 2.24) is 4.98 Å². The maximum absolute atomic E-state index is 12.2. The molecule has 0 saturated heterocycles. The third-order valence-electron chi connectivity index (χ3n) is 2.62. The zero-order valence-electron chi connectivity index (χ0n) is 8.58. The SMILES string of the molecule is O=C(O)C1(Nc2ccc(C(F)(F)F)cn2)CC1. The molecule has 1 aliphatic rings. The highest BCUT2D eigenvalue weighted by Gasteiger charge is 2.50. The molecule has 0 bridgehead atoms. The van der Waals surface area contributed by atoms with Gasteiger partial charge in [0.1, 0.15) is 11.4 Å². The van der Waals surface area contributed by atoms with E-state index in [1.807, 2.05) is 0 Å². The van der Waals surface area contributed by atoms with Gasteiger partial charge in [-0.15, -0.1) is 0 Å². The Bertz CT molecular complexity index is 438. The van der Waals surface area contributed by atoms with E-state index in [1.165, 1.54) is 0 Å².